The van der Waals surface area contributed by atoms with E-state index in [1.165, 1.54) is 31.6 Å². The number of ether oxygens (including phenoxy) is 1. The number of hydrogen-bond acceptors (Lipinski definition) is 3. The van der Waals surface area contributed by atoms with Crippen molar-refractivity contribution in [3.05, 3.63) is 58.6 Å². The molecule has 0 amide bonds. The molecule has 0 aliphatic carbocycles. The summed E-state index contributed by atoms with van der Waals surface area (Å²) in [4.78, 5) is 3.93. The highest BCUT2D eigenvalue weighted by atomic mass is 35.5. The summed E-state index contributed by atoms with van der Waals surface area (Å²) in [5, 5.41) is 10.1. The molecule has 1 heterocycles. The number of aromatic nitrogens is 1. The molecule has 0 radical (unpaired) electrons. The molecular weight excluding hydrogens is 257 g/mol. The summed E-state index contributed by atoms with van der Waals surface area (Å²) in [6.07, 6.45) is 1.95. The number of nitrogens with zero attached hydrogens (tertiary/aromatic N) is 1. The Bertz CT molecular complexity index is 562. The van der Waals surface area contributed by atoms with Crippen molar-refractivity contribution in [1.29, 1.82) is 0 Å². The fourth-order valence-electron chi connectivity index (χ4n) is 1.61. The Morgan fingerprint density at radius 3 is 2.89 bits per heavy atom. The van der Waals surface area contributed by atoms with E-state index in [9.17, 15) is 9.50 Å². The van der Waals surface area contributed by atoms with Crippen molar-refractivity contribution in [2.24, 2.45) is 0 Å². The van der Waals surface area contributed by atoms with Crippen molar-refractivity contribution in [3.63, 3.8) is 0 Å². The van der Waals surface area contributed by atoms with Crippen LogP contribution in [0.5, 0.6) is 5.75 Å². The third-order valence-corrected chi connectivity index (χ3v) is 2.96. The molecular formula is C13H11ClFNO2. The van der Waals surface area contributed by atoms with Crippen LogP contribution >= 0.6 is 11.6 Å². The highest BCUT2D eigenvalue weighted by molar-refractivity contribution is 6.31. The van der Waals surface area contributed by atoms with E-state index in [1.54, 1.807) is 12.1 Å². The molecule has 0 bridgehead atoms. The molecule has 1 aromatic carbocycles. The Balaban J connectivity index is 2.41. The molecule has 18 heavy (non-hydrogen) atoms. The molecule has 94 valence electrons. The minimum Gasteiger partial charge on any atom is -0.495 e. The van der Waals surface area contributed by atoms with Gasteiger partial charge in [-0.2, -0.15) is 0 Å². The number of aliphatic hydroxyl groups excluding tert-OH is 1. The zero-order chi connectivity index (χ0) is 13.1. The molecule has 1 unspecified atom stereocenters. The summed E-state index contributed by atoms with van der Waals surface area (Å²) in [5.41, 5.74) is 0.786. The van der Waals surface area contributed by atoms with Gasteiger partial charge in [-0.3, -0.25) is 4.98 Å². The SMILES string of the molecule is COc1cncc(C(O)c2cccc(F)c2Cl)c1. The van der Waals surface area contributed by atoms with Gasteiger partial charge in [-0.05, 0) is 12.1 Å². The van der Waals surface area contributed by atoms with Crippen molar-refractivity contribution in [2.45, 2.75) is 6.10 Å². The Morgan fingerprint density at radius 1 is 1.39 bits per heavy atom. The Labute approximate surface area is 109 Å². The van der Waals surface area contributed by atoms with Crippen LogP contribution in [0.2, 0.25) is 5.02 Å². The molecule has 1 N–H and O–H groups in total. The first-order valence-electron chi connectivity index (χ1n) is 5.24. The van der Waals surface area contributed by atoms with Gasteiger partial charge >= 0.3 is 0 Å². The van der Waals surface area contributed by atoms with Crippen molar-refractivity contribution in [1.82, 2.24) is 4.98 Å². The zero-order valence-electron chi connectivity index (χ0n) is 9.60. The lowest BCUT2D eigenvalue weighted by molar-refractivity contribution is 0.219. The molecule has 2 aromatic rings. The minimum absolute atomic E-state index is 0.0900. The standard InChI is InChI=1S/C13H11ClFNO2/c1-18-9-5-8(6-16-7-9)13(17)10-3-2-4-11(15)12(10)14/h2-7,13,17H,1H3. The summed E-state index contributed by atoms with van der Waals surface area (Å²) >= 11 is 5.82. The predicted octanol–water partition coefficient (Wildman–Crippen LogP) is 2.96. The Morgan fingerprint density at radius 2 is 2.17 bits per heavy atom. The zero-order valence-corrected chi connectivity index (χ0v) is 10.4. The number of rotatable bonds is 3. The third kappa shape index (κ3) is 2.44. The molecule has 0 aliphatic heterocycles. The van der Waals surface area contributed by atoms with E-state index in [0.29, 0.717) is 16.9 Å². The van der Waals surface area contributed by atoms with Crippen molar-refractivity contribution < 1.29 is 14.2 Å². The van der Waals surface area contributed by atoms with E-state index in [4.69, 9.17) is 16.3 Å². The quantitative estimate of drug-likeness (QED) is 0.930. The number of methoxy groups -OCH3 is 1. The number of hydrogen-bond donors (Lipinski definition) is 1. The summed E-state index contributed by atoms with van der Waals surface area (Å²) in [6.45, 7) is 0. The van der Waals surface area contributed by atoms with Gasteiger partial charge in [0.1, 0.15) is 17.7 Å². The van der Waals surface area contributed by atoms with E-state index in [-0.39, 0.29) is 5.02 Å². The lowest BCUT2D eigenvalue weighted by Crippen LogP contribution is -2.02. The molecule has 0 spiro atoms. The highest BCUT2D eigenvalue weighted by Crippen LogP contribution is 2.30. The highest BCUT2D eigenvalue weighted by Gasteiger charge is 2.17. The fraction of sp³-hybridized carbons (Fsp3) is 0.154. The monoisotopic (exact) mass is 267 g/mol. The van der Waals surface area contributed by atoms with Gasteiger partial charge in [0, 0.05) is 17.3 Å². The summed E-state index contributed by atoms with van der Waals surface area (Å²) in [7, 11) is 1.50. The summed E-state index contributed by atoms with van der Waals surface area (Å²) in [6, 6.07) is 5.92. The maximum Gasteiger partial charge on any atom is 0.142 e. The smallest absolute Gasteiger partial charge is 0.142 e. The van der Waals surface area contributed by atoms with Crippen molar-refractivity contribution in [2.75, 3.05) is 7.11 Å². The molecule has 1 aromatic heterocycles. The van der Waals surface area contributed by atoms with Gasteiger partial charge in [0.25, 0.3) is 0 Å². The van der Waals surface area contributed by atoms with Gasteiger partial charge in [-0.15, -0.1) is 0 Å². The molecule has 0 aliphatic rings. The van der Waals surface area contributed by atoms with Crippen LogP contribution in [-0.2, 0) is 0 Å². The minimum atomic E-state index is -1.05. The van der Waals surface area contributed by atoms with Crippen LogP contribution < -0.4 is 4.74 Å². The molecule has 2 rings (SSSR count). The number of benzene rings is 1. The van der Waals surface area contributed by atoms with Gasteiger partial charge in [0.2, 0.25) is 0 Å². The molecule has 1 atom stereocenters. The Kier molecular flexibility index (Phi) is 3.79. The van der Waals surface area contributed by atoms with Crippen molar-refractivity contribution >= 4 is 11.6 Å². The maximum absolute atomic E-state index is 13.3. The van der Waals surface area contributed by atoms with E-state index in [0.717, 1.165) is 0 Å². The van der Waals surface area contributed by atoms with Gasteiger partial charge in [0.05, 0.1) is 18.3 Å². The van der Waals surface area contributed by atoms with Crippen LogP contribution in [0.15, 0.2) is 36.7 Å². The van der Waals surface area contributed by atoms with E-state index >= 15 is 0 Å². The van der Waals surface area contributed by atoms with Gasteiger partial charge in [-0.25, -0.2) is 4.39 Å². The number of pyridine rings is 1. The second kappa shape index (κ2) is 5.33. The third-order valence-electron chi connectivity index (χ3n) is 2.56. The first-order chi connectivity index (χ1) is 8.63. The maximum atomic E-state index is 13.3. The first-order valence-corrected chi connectivity index (χ1v) is 5.62. The number of halogens is 2. The second-order valence-corrected chi connectivity index (χ2v) is 4.08. The Hall–Kier alpha value is -1.65. The van der Waals surface area contributed by atoms with Crippen LogP contribution in [-0.4, -0.2) is 17.2 Å². The van der Waals surface area contributed by atoms with Gasteiger partial charge < -0.3 is 9.84 Å². The largest absolute Gasteiger partial charge is 0.495 e. The summed E-state index contributed by atoms with van der Waals surface area (Å²) in [5.74, 6) is -0.0526. The van der Waals surface area contributed by atoms with E-state index in [1.807, 2.05) is 0 Å². The molecule has 3 nitrogen and oxygen atoms in total. The van der Waals surface area contributed by atoms with Crippen LogP contribution in [0.1, 0.15) is 17.2 Å². The molecule has 5 heteroatoms. The lowest BCUT2D eigenvalue weighted by Gasteiger charge is -2.13. The van der Waals surface area contributed by atoms with Crippen LogP contribution in [0.4, 0.5) is 4.39 Å². The van der Waals surface area contributed by atoms with Crippen LogP contribution in [0.3, 0.4) is 0 Å². The lowest BCUT2D eigenvalue weighted by atomic mass is 10.0. The molecule has 0 saturated heterocycles. The average Bonchev–Trinajstić information content (AvgIpc) is 2.41. The van der Waals surface area contributed by atoms with Crippen molar-refractivity contribution in [3.8, 4) is 5.75 Å². The molecule has 0 saturated carbocycles. The van der Waals surface area contributed by atoms with E-state index in [2.05, 4.69) is 4.98 Å². The van der Waals surface area contributed by atoms with Crippen LogP contribution in [0, 0.1) is 5.82 Å². The van der Waals surface area contributed by atoms with Gasteiger partial charge in [-0.1, -0.05) is 23.7 Å². The second-order valence-electron chi connectivity index (χ2n) is 3.70. The first kappa shape index (κ1) is 12.8. The average molecular weight is 268 g/mol. The topological polar surface area (TPSA) is 42.4 Å². The van der Waals surface area contributed by atoms with Crippen LogP contribution in [0.25, 0.3) is 0 Å². The molecule has 0 fully saturated rings. The van der Waals surface area contributed by atoms with Gasteiger partial charge in [0.15, 0.2) is 0 Å². The fourth-order valence-corrected chi connectivity index (χ4v) is 1.84. The predicted molar refractivity (Wildman–Crippen MR) is 66.3 cm³/mol. The normalized spacial score (nSPS) is 12.2. The number of aliphatic hydroxyl groups is 1. The van der Waals surface area contributed by atoms with E-state index < -0.39 is 11.9 Å². The summed E-state index contributed by atoms with van der Waals surface area (Å²) < 4.78 is 18.3.